The third-order valence-corrected chi connectivity index (χ3v) is 9.60. The van der Waals surface area contributed by atoms with Gasteiger partial charge in [-0.2, -0.15) is 26.3 Å². The van der Waals surface area contributed by atoms with Crippen LogP contribution >= 0.6 is 11.6 Å². The molecule has 1 amide bonds. The molecule has 1 spiro atoms. The summed E-state index contributed by atoms with van der Waals surface area (Å²) in [6.45, 7) is 5.45. The third kappa shape index (κ3) is 8.53. The van der Waals surface area contributed by atoms with Crippen LogP contribution in [0.5, 0.6) is 0 Å². The number of halogens is 7. The molecule has 3 aliphatic heterocycles. The van der Waals surface area contributed by atoms with Crippen molar-refractivity contribution in [2.45, 2.75) is 76.8 Å². The van der Waals surface area contributed by atoms with Crippen LogP contribution in [0.3, 0.4) is 0 Å². The Kier molecular flexibility index (Phi) is 10.4. The van der Waals surface area contributed by atoms with Gasteiger partial charge in [0, 0.05) is 37.6 Å². The largest absolute Gasteiger partial charge is 0.481 e. The number of carbonyl (C=O) groups is 2. The summed E-state index contributed by atoms with van der Waals surface area (Å²) in [6, 6.07) is 6.01. The molecule has 6 nitrogen and oxygen atoms in total. The van der Waals surface area contributed by atoms with Gasteiger partial charge in [-0.3, -0.25) is 19.4 Å². The van der Waals surface area contributed by atoms with Gasteiger partial charge in [-0.05, 0) is 93.7 Å². The minimum Gasteiger partial charge on any atom is -0.481 e. The average molecular weight is 626 g/mol. The van der Waals surface area contributed by atoms with E-state index in [0.717, 1.165) is 50.0 Å². The number of hydrogen-bond acceptors (Lipinski definition) is 4. The smallest absolute Gasteiger partial charge is 0.400 e. The Hall–Kier alpha value is -2.05. The summed E-state index contributed by atoms with van der Waals surface area (Å²) in [5, 5.41) is 9.90. The topological polar surface area (TPSA) is 64.1 Å². The van der Waals surface area contributed by atoms with E-state index in [1.54, 1.807) is 4.90 Å². The van der Waals surface area contributed by atoms with Gasteiger partial charge in [-0.15, -0.1) is 0 Å². The summed E-state index contributed by atoms with van der Waals surface area (Å²) in [5.74, 6) is -4.81. The van der Waals surface area contributed by atoms with Gasteiger partial charge in [-0.1, -0.05) is 23.7 Å². The minimum absolute atomic E-state index is 0.0696. The fraction of sp³-hybridized carbons (Fsp3) is 0.724. The van der Waals surface area contributed by atoms with Crippen LogP contribution in [0.15, 0.2) is 18.2 Å². The van der Waals surface area contributed by atoms with E-state index in [0.29, 0.717) is 50.6 Å². The molecule has 0 atom stereocenters. The lowest BCUT2D eigenvalue weighted by Crippen LogP contribution is -2.42. The molecule has 1 N–H and O–H groups in total. The maximum absolute atomic E-state index is 12.8. The zero-order valence-electron chi connectivity index (χ0n) is 23.5. The van der Waals surface area contributed by atoms with Gasteiger partial charge in [0.15, 0.2) is 5.92 Å². The van der Waals surface area contributed by atoms with E-state index in [1.165, 1.54) is 0 Å². The molecule has 4 rings (SSSR count). The molecule has 0 radical (unpaired) electrons. The lowest BCUT2D eigenvalue weighted by atomic mass is 9.77. The van der Waals surface area contributed by atoms with Crippen molar-refractivity contribution in [2.24, 2.45) is 17.3 Å². The number of rotatable bonds is 9. The highest BCUT2D eigenvalue weighted by Crippen LogP contribution is 2.43. The number of aliphatic carboxylic acids is 1. The summed E-state index contributed by atoms with van der Waals surface area (Å²) in [6.07, 6.45) is -8.90. The Morgan fingerprint density at radius 1 is 0.929 bits per heavy atom. The minimum atomic E-state index is -5.37. The van der Waals surface area contributed by atoms with E-state index in [1.807, 2.05) is 12.1 Å². The lowest BCUT2D eigenvalue weighted by Gasteiger charge is -2.39. The second kappa shape index (κ2) is 13.3. The molecule has 3 aliphatic rings. The highest BCUT2D eigenvalue weighted by Gasteiger charge is 2.55. The van der Waals surface area contributed by atoms with Crippen LogP contribution in [0, 0.1) is 17.3 Å². The summed E-state index contributed by atoms with van der Waals surface area (Å²) in [5.41, 5.74) is 2.07. The second-order valence-electron chi connectivity index (χ2n) is 12.2. The highest BCUT2D eigenvalue weighted by atomic mass is 35.5. The Morgan fingerprint density at radius 2 is 1.52 bits per heavy atom. The van der Waals surface area contributed by atoms with Gasteiger partial charge >= 0.3 is 18.3 Å². The Bertz CT molecular complexity index is 1090. The Balaban J connectivity index is 1.22. The van der Waals surface area contributed by atoms with Crippen LogP contribution in [0.2, 0.25) is 5.02 Å². The highest BCUT2D eigenvalue weighted by molar-refractivity contribution is 6.31. The Morgan fingerprint density at radius 3 is 2.12 bits per heavy atom. The predicted molar refractivity (Wildman–Crippen MR) is 145 cm³/mol. The molecule has 1 aromatic carbocycles. The van der Waals surface area contributed by atoms with Gasteiger partial charge in [0.2, 0.25) is 5.91 Å². The molecule has 236 valence electrons. The number of amides is 1. The predicted octanol–water partition coefficient (Wildman–Crippen LogP) is 6.36. The summed E-state index contributed by atoms with van der Waals surface area (Å²) in [4.78, 5) is 30.0. The molecule has 1 aromatic rings. The van der Waals surface area contributed by atoms with Crippen molar-refractivity contribution in [2.75, 3.05) is 39.3 Å². The molecule has 0 unspecified atom stereocenters. The molecule has 0 aliphatic carbocycles. The fourth-order valence-electron chi connectivity index (χ4n) is 6.55. The van der Waals surface area contributed by atoms with Crippen LogP contribution in [-0.2, 0) is 22.7 Å². The molecule has 3 fully saturated rings. The van der Waals surface area contributed by atoms with E-state index in [4.69, 9.17) is 11.6 Å². The fourth-order valence-corrected chi connectivity index (χ4v) is 6.73. The number of piperidine rings is 2. The molecule has 42 heavy (non-hydrogen) atoms. The van der Waals surface area contributed by atoms with Crippen LogP contribution in [0.25, 0.3) is 0 Å². The molecular weight excluding hydrogens is 588 g/mol. The first-order valence-corrected chi connectivity index (χ1v) is 14.9. The van der Waals surface area contributed by atoms with Crippen molar-refractivity contribution in [3.63, 3.8) is 0 Å². The number of carbonyl (C=O) groups excluding carboxylic acids is 1. The van der Waals surface area contributed by atoms with Gasteiger partial charge < -0.3 is 10.0 Å². The van der Waals surface area contributed by atoms with Crippen molar-refractivity contribution < 1.29 is 41.0 Å². The molecule has 3 heterocycles. The maximum Gasteiger partial charge on any atom is 0.400 e. The number of alkyl halides is 6. The lowest BCUT2D eigenvalue weighted by molar-refractivity contribution is -0.285. The van der Waals surface area contributed by atoms with Crippen molar-refractivity contribution in [1.82, 2.24) is 14.7 Å². The number of likely N-dealkylation sites (tertiary alicyclic amines) is 3. The summed E-state index contributed by atoms with van der Waals surface area (Å²) in [7, 11) is 0. The van der Waals surface area contributed by atoms with Crippen LogP contribution in [0.1, 0.15) is 62.5 Å². The van der Waals surface area contributed by atoms with Gasteiger partial charge in [-0.25, -0.2) is 0 Å². The first-order chi connectivity index (χ1) is 19.6. The van der Waals surface area contributed by atoms with Gasteiger partial charge in [0.1, 0.15) is 0 Å². The molecule has 13 heteroatoms. The average Bonchev–Trinajstić information content (AvgIpc) is 3.32. The number of nitrogens with zero attached hydrogens (tertiary/aromatic N) is 3. The van der Waals surface area contributed by atoms with E-state index >= 15 is 0 Å². The van der Waals surface area contributed by atoms with Gasteiger partial charge in [0.25, 0.3) is 0 Å². The quantitative estimate of drug-likeness (QED) is 0.324. The van der Waals surface area contributed by atoms with Crippen molar-refractivity contribution in [1.29, 1.82) is 0 Å². The van der Waals surface area contributed by atoms with Crippen molar-refractivity contribution >= 4 is 23.5 Å². The monoisotopic (exact) mass is 625 g/mol. The Labute approximate surface area is 247 Å². The number of benzene rings is 1. The van der Waals surface area contributed by atoms with Gasteiger partial charge in [0.05, 0.1) is 5.92 Å². The zero-order chi connectivity index (χ0) is 30.7. The molecular formula is C29H38ClF6N3O3. The van der Waals surface area contributed by atoms with E-state index in [-0.39, 0.29) is 23.7 Å². The molecule has 0 bridgehead atoms. The third-order valence-electron chi connectivity index (χ3n) is 9.23. The standard InChI is InChI=1S/C29H38ClF6N3O3/c30-23-5-4-20(16-22(23)18-37-11-6-21(7-12-37)26(41)42)17-38-13-8-27(9-14-38)10-15-39(19-27)25(40)3-1-2-24(28(31,32)33)29(34,35)36/h4-5,16,21,24H,1-3,6-15,17-19H2,(H,41,42). The van der Waals surface area contributed by atoms with E-state index < -0.39 is 37.1 Å². The molecule has 0 saturated carbocycles. The van der Waals surface area contributed by atoms with Crippen LogP contribution in [0.4, 0.5) is 26.3 Å². The summed E-state index contributed by atoms with van der Waals surface area (Å²) >= 11 is 6.48. The first kappa shape index (κ1) is 32.9. The molecule has 3 saturated heterocycles. The SMILES string of the molecule is O=C(O)C1CCN(Cc2cc(CN3CCC4(CC3)CCN(C(=O)CCCC(C(F)(F)F)C(F)(F)F)C4)ccc2Cl)CC1. The van der Waals surface area contributed by atoms with Crippen LogP contribution in [-0.4, -0.2) is 83.3 Å². The zero-order valence-corrected chi connectivity index (χ0v) is 24.2. The number of carboxylic acid groups (broad SMARTS) is 1. The maximum atomic E-state index is 12.8. The molecule has 0 aromatic heterocycles. The van der Waals surface area contributed by atoms with Crippen LogP contribution < -0.4 is 0 Å². The van der Waals surface area contributed by atoms with E-state index in [2.05, 4.69) is 15.9 Å². The van der Waals surface area contributed by atoms with E-state index in [9.17, 15) is 41.0 Å². The normalized spacial score (nSPS) is 21.0. The number of hydrogen-bond donors (Lipinski definition) is 1. The summed E-state index contributed by atoms with van der Waals surface area (Å²) < 4.78 is 76.6. The number of carboxylic acids is 1. The second-order valence-corrected chi connectivity index (χ2v) is 12.6. The first-order valence-electron chi connectivity index (χ1n) is 14.5. The van der Waals surface area contributed by atoms with Crippen molar-refractivity contribution in [3.05, 3.63) is 34.3 Å². The van der Waals surface area contributed by atoms with Crippen molar-refractivity contribution in [3.8, 4) is 0 Å².